The maximum Gasteiger partial charge on any atom is 0.411 e. The van der Waals surface area contributed by atoms with Crippen molar-refractivity contribution in [2.75, 3.05) is 33.9 Å². The van der Waals surface area contributed by atoms with Crippen LogP contribution in [0.15, 0.2) is 29.2 Å². The third kappa shape index (κ3) is 6.23. The first-order valence-corrected chi connectivity index (χ1v) is 17.1. The van der Waals surface area contributed by atoms with Gasteiger partial charge in [-0.1, -0.05) is 0 Å². The predicted molar refractivity (Wildman–Crippen MR) is 177 cm³/mol. The van der Waals surface area contributed by atoms with E-state index < -0.39 is 11.6 Å². The molecule has 2 aromatic heterocycles. The number of amides is 1. The van der Waals surface area contributed by atoms with E-state index in [1.54, 1.807) is 31.6 Å². The van der Waals surface area contributed by atoms with Crippen molar-refractivity contribution in [2.45, 2.75) is 96.4 Å². The van der Waals surface area contributed by atoms with Crippen molar-refractivity contribution in [3.05, 3.63) is 50.6 Å². The first-order valence-electron chi connectivity index (χ1n) is 16.3. The molecule has 1 atom stereocenters. The lowest BCUT2D eigenvalue weighted by Crippen LogP contribution is -2.50. The van der Waals surface area contributed by atoms with Crippen LogP contribution in [0.1, 0.15) is 99.1 Å². The second kappa shape index (κ2) is 12.4. The van der Waals surface area contributed by atoms with Gasteiger partial charge in [0, 0.05) is 33.6 Å². The number of hydrogen-bond acceptors (Lipinski definition) is 8. The summed E-state index contributed by atoms with van der Waals surface area (Å²) >= 11 is 1.74. The zero-order valence-electron chi connectivity index (χ0n) is 27.3. The zero-order chi connectivity index (χ0) is 32.0. The van der Waals surface area contributed by atoms with Gasteiger partial charge in [0.15, 0.2) is 5.75 Å². The normalized spacial score (nSPS) is 19.3. The number of esters is 1. The highest BCUT2D eigenvalue weighted by Gasteiger charge is 2.39. The molecule has 242 valence electrons. The van der Waals surface area contributed by atoms with Crippen molar-refractivity contribution in [1.82, 2.24) is 14.4 Å². The summed E-state index contributed by atoms with van der Waals surface area (Å²) < 4.78 is 19.3. The molecule has 3 aromatic rings. The maximum atomic E-state index is 13.8. The highest BCUT2D eigenvalue weighted by atomic mass is 32.1. The van der Waals surface area contributed by atoms with Crippen LogP contribution in [-0.4, -0.2) is 71.9 Å². The minimum absolute atomic E-state index is 0.0524. The maximum absolute atomic E-state index is 13.8. The summed E-state index contributed by atoms with van der Waals surface area (Å²) in [7, 11) is 3.77. The molecule has 3 aliphatic rings. The quantitative estimate of drug-likeness (QED) is 0.259. The van der Waals surface area contributed by atoms with Crippen molar-refractivity contribution >= 4 is 34.3 Å². The smallest absolute Gasteiger partial charge is 0.411 e. The van der Waals surface area contributed by atoms with Gasteiger partial charge in [-0.3, -0.25) is 9.69 Å². The van der Waals surface area contributed by atoms with Crippen molar-refractivity contribution in [3.63, 3.8) is 0 Å². The Labute approximate surface area is 269 Å². The van der Waals surface area contributed by atoms with E-state index in [4.69, 9.17) is 14.2 Å². The molecule has 2 fully saturated rings. The minimum atomic E-state index is -0.599. The summed E-state index contributed by atoms with van der Waals surface area (Å²) in [6, 6.07) is 6.23. The fourth-order valence-electron chi connectivity index (χ4n) is 6.89. The van der Waals surface area contributed by atoms with Gasteiger partial charge in [0.05, 0.1) is 30.7 Å². The monoisotopic (exact) mass is 635 g/mol. The van der Waals surface area contributed by atoms with Gasteiger partial charge in [-0.25, -0.2) is 9.59 Å². The van der Waals surface area contributed by atoms with Crippen LogP contribution in [0.4, 0.5) is 4.79 Å². The average Bonchev–Trinajstić information content (AvgIpc) is 3.74. The second-order valence-electron chi connectivity index (χ2n) is 13.6. The van der Waals surface area contributed by atoms with Gasteiger partial charge in [0.2, 0.25) is 5.43 Å². The van der Waals surface area contributed by atoms with Crippen LogP contribution >= 0.6 is 11.3 Å². The lowest BCUT2D eigenvalue weighted by molar-refractivity contribution is -0.00596. The Hall–Kier alpha value is -3.37. The Morgan fingerprint density at radius 3 is 2.47 bits per heavy atom. The van der Waals surface area contributed by atoms with Crippen molar-refractivity contribution in [2.24, 2.45) is 0 Å². The Balaban J connectivity index is 1.44. The first-order chi connectivity index (χ1) is 21.5. The minimum Gasteiger partial charge on any atom is -0.494 e. The van der Waals surface area contributed by atoms with Crippen molar-refractivity contribution in [3.8, 4) is 16.2 Å². The molecule has 1 amide bonds. The molecule has 0 bridgehead atoms. The fourth-order valence-corrected chi connectivity index (χ4v) is 8.17. The van der Waals surface area contributed by atoms with E-state index in [9.17, 15) is 14.4 Å². The summed E-state index contributed by atoms with van der Waals surface area (Å²) in [5.41, 5.74) is 1.93. The van der Waals surface area contributed by atoms with E-state index in [0.29, 0.717) is 16.7 Å². The second-order valence-corrected chi connectivity index (χ2v) is 14.7. The standard InChI is InChI=1S/C35H45N3O6S/c1-7-43-33(40)26-20-37(21-11-12-21)30-24(31(26)39)14-13-23(32(30)42-6)29-19-25-27(9-8-10-28(25)45-29)38(34(41)44-35(2,3)4)22-15-17-36(5)18-16-22/h13-14,19-22,27H,7-12,15-18H2,1-6H3. The third-order valence-electron chi connectivity index (χ3n) is 9.16. The van der Waals surface area contributed by atoms with Crippen LogP contribution in [0.5, 0.6) is 5.75 Å². The largest absolute Gasteiger partial charge is 0.494 e. The fraction of sp³-hybridized carbons (Fsp3) is 0.571. The summed E-state index contributed by atoms with van der Waals surface area (Å²) in [5, 5.41) is 0.450. The number of thiophene rings is 1. The van der Waals surface area contributed by atoms with E-state index in [2.05, 4.69) is 18.0 Å². The number of aryl methyl sites for hydroxylation is 1. The summed E-state index contributed by atoms with van der Waals surface area (Å²) in [6.07, 6.45) is 8.04. The van der Waals surface area contributed by atoms with Crippen LogP contribution in [0, 0.1) is 0 Å². The molecular weight excluding hydrogens is 590 g/mol. The molecule has 0 radical (unpaired) electrons. The molecule has 1 unspecified atom stereocenters. The molecule has 0 N–H and O–H groups in total. The number of piperidine rings is 1. The number of nitrogens with zero attached hydrogens (tertiary/aromatic N) is 3. The molecule has 1 saturated heterocycles. The number of benzene rings is 1. The highest BCUT2D eigenvalue weighted by molar-refractivity contribution is 7.15. The Morgan fingerprint density at radius 2 is 1.82 bits per heavy atom. The molecule has 10 heteroatoms. The molecule has 0 spiro atoms. The summed E-state index contributed by atoms with van der Waals surface area (Å²) in [4.78, 5) is 46.8. The van der Waals surface area contributed by atoms with E-state index >= 15 is 0 Å². The number of methoxy groups -OCH3 is 1. The Bertz CT molecular complexity index is 1660. The third-order valence-corrected chi connectivity index (χ3v) is 10.4. The number of fused-ring (bicyclic) bond motifs is 2. The number of aromatic nitrogens is 1. The lowest BCUT2D eigenvalue weighted by Gasteiger charge is -2.43. The first kappa shape index (κ1) is 31.6. The number of carbonyl (C=O) groups is 2. The topological polar surface area (TPSA) is 90.3 Å². The zero-order valence-corrected chi connectivity index (χ0v) is 28.1. The van der Waals surface area contributed by atoms with Crippen molar-refractivity contribution < 1.29 is 23.8 Å². The molecule has 9 nitrogen and oxygen atoms in total. The van der Waals surface area contributed by atoms with Crippen LogP contribution < -0.4 is 10.2 Å². The lowest BCUT2D eigenvalue weighted by atomic mass is 9.89. The van der Waals surface area contributed by atoms with E-state index in [-0.39, 0.29) is 41.8 Å². The van der Waals surface area contributed by atoms with E-state index in [1.165, 1.54) is 10.4 Å². The van der Waals surface area contributed by atoms with Crippen LogP contribution in [0.25, 0.3) is 21.3 Å². The Kier molecular flexibility index (Phi) is 8.73. The van der Waals surface area contributed by atoms with Crippen LogP contribution in [0.3, 0.4) is 0 Å². The van der Waals surface area contributed by atoms with Gasteiger partial charge in [-0.2, -0.15) is 0 Å². The summed E-state index contributed by atoms with van der Waals surface area (Å²) in [5.74, 6) is 0.0272. The highest BCUT2D eigenvalue weighted by Crippen LogP contribution is 2.48. The van der Waals surface area contributed by atoms with Gasteiger partial charge < -0.3 is 23.7 Å². The van der Waals surface area contributed by atoms with E-state index in [1.807, 2.05) is 42.4 Å². The van der Waals surface area contributed by atoms with Crippen LogP contribution in [0.2, 0.25) is 0 Å². The molecule has 1 aromatic carbocycles. The molecule has 45 heavy (non-hydrogen) atoms. The number of pyridine rings is 1. The van der Waals surface area contributed by atoms with Gasteiger partial charge in [-0.05, 0) is 117 Å². The van der Waals surface area contributed by atoms with E-state index in [0.717, 1.165) is 68.5 Å². The molecule has 6 rings (SSSR count). The number of likely N-dealkylation sites (tertiary alicyclic amines) is 1. The number of ether oxygens (including phenoxy) is 3. The summed E-state index contributed by atoms with van der Waals surface area (Å²) in [6.45, 7) is 9.62. The van der Waals surface area contributed by atoms with Gasteiger partial charge in [0.1, 0.15) is 11.2 Å². The van der Waals surface area contributed by atoms with Gasteiger partial charge >= 0.3 is 12.1 Å². The number of carbonyl (C=O) groups excluding carboxylic acids is 2. The molecule has 2 aliphatic carbocycles. The molecular formula is C35H45N3O6S. The van der Waals surface area contributed by atoms with Crippen molar-refractivity contribution in [1.29, 1.82) is 0 Å². The number of hydrogen-bond donors (Lipinski definition) is 0. The Morgan fingerprint density at radius 1 is 1.09 bits per heavy atom. The molecule has 3 heterocycles. The molecule has 1 saturated carbocycles. The van der Waals surface area contributed by atoms with Gasteiger partial charge in [-0.15, -0.1) is 11.3 Å². The molecule has 1 aliphatic heterocycles. The van der Waals surface area contributed by atoms with Gasteiger partial charge in [0.25, 0.3) is 0 Å². The predicted octanol–water partition coefficient (Wildman–Crippen LogP) is 6.96. The number of rotatable bonds is 7. The average molecular weight is 636 g/mol. The van der Waals surface area contributed by atoms with Crippen LogP contribution in [-0.2, 0) is 15.9 Å². The SMILES string of the molecule is CCOC(=O)c1cn(C2CC2)c2c(OC)c(-c3cc4c(s3)CCCC4N(C(=O)OC(C)(C)C)C3CCN(C)CC3)ccc2c1=O.